The Morgan fingerprint density at radius 1 is 1.11 bits per heavy atom. The molecule has 5 heteroatoms. The van der Waals surface area contributed by atoms with E-state index in [1.54, 1.807) is 0 Å². The van der Waals surface area contributed by atoms with Gasteiger partial charge in [-0.3, -0.25) is 0 Å². The van der Waals surface area contributed by atoms with Crippen molar-refractivity contribution < 1.29 is 13.2 Å². The van der Waals surface area contributed by atoms with E-state index in [4.69, 9.17) is 0 Å². The van der Waals surface area contributed by atoms with Crippen molar-refractivity contribution in [2.24, 2.45) is 0 Å². The van der Waals surface area contributed by atoms with Gasteiger partial charge in [-0.15, -0.1) is 0 Å². The van der Waals surface area contributed by atoms with Gasteiger partial charge >= 0.3 is 0 Å². The topological polar surface area (TPSA) is 17.0 Å². The van der Waals surface area contributed by atoms with E-state index in [1.165, 1.54) is 0 Å². The Labute approximate surface area is 103 Å². The van der Waals surface area contributed by atoms with Crippen molar-refractivity contribution >= 4 is 5.69 Å². The summed E-state index contributed by atoms with van der Waals surface area (Å²) in [4.78, 5) is 0. The smallest absolute Gasteiger partial charge is 0.161 e. The summed E-state index contributed by atoms with van der Waals surface area (Å²) in [5, 5.41) is 2.74. The third kappa shape index (κ3) is 2.67. The normalized spacial score (nSPS) is 10.7. The van der Waals surface area contributed by atoms with Crippen LogP contribution in [0, 0.1) is 17.5 Å². The first-order valence-corrected chi connectivity index (χ1v) is 5.63. The zero-order valence-corrected chi connectivity index (χ0v) is 9.88. The largest absolute Gasteiger partial charge is 0.378 e. The molecule has 0 unspecified atom stereocenters. The van der Waals surface area contributed by atoms with Crippen LogP contribution in [-0.4, -0.2) is 4.57 Å². The third-order valence-corrected chi connectivity index (χ3v) is 2.67. The molecule has 2 aromatic rings. The Morgan fingerprint density at radius 2 is 1.83 bits per heavy atom. The van der Waals surface area contributed by atoms with Crippen LogP contribution in [0.3, 0.4) is 0 Å². The van der Waals surface area contributed by atoms with Gasteiger partial charge in [-0.1, -0.05) is 0 Å². The van der Waals surface area contributed by atoms with Crippen LogP contribution >= 0.6 is 0 Å². The summed E-state index contributed by atoms with van der Waals surface area (Å²) in [6.45, 7) is 3.21. The van der Waals surface area contributed by atoms with Gasteiger partial charge in [0.25, 0.3) is 0 Å². The molecule has 0 aliphatic carbocycles. The molecule has 1 heterocycles. The predicted molar refractivity (Wildman–Crippen MR) is 63.7 cm³/mol. The molecule has 0 atom stereocenters. The van der Waals surface area contributed by atoms with Crippen LogP contribution in [-0.2, 0) is 13.1 Å². The second kappa shape index (κ2) is 5.16. The van der Waals surface area contributed by atoms with E-state index in [1.807, 2.05) is 30.0 Å². The Bertz CT molecular complexity index is 549. The minimum atomic E-state index is -1.19. The van der Waals surface area contributed by atoms with Crippen LogP contribution in [0.25, 0.3) is 0 Å². The van der Waals surface area contributed by atoms with Crippen LogP contribution < -0.4 is 5.32 Å². The number of halogens is 3. The van der Waals surface area contributed by atoms with Gasteiger partial charge in [0.05, 0.1) is 5.69 Å². The van der Waals surface area contributed by atoms with Gasteiger partial charge in [-0.25, -0.2) is 13.2 Å². The Balaban J connectivity index is 2.08. The molecule has 18 heavy (non-hydrogen) atoms. The molecule has 1 aromatic carbocycles. The first-order chi connectivity index (χ1) is 8.60. The summed E-state index contributed by atoms with van der Waals surface area (Å²) >= 11 is 0. The van der Waals surface area contributed by atoms with Crippen molar-refractivity contribution in [2.75, 3.05) is 5.32 Å². The maximum Gasteiger partial charge on any atom is 0.161 e. The number of nitrogens with zero attached hydrogens (tertiary/aromatic N) is 1. The van der Waals surface area contributed by atoms with E-state index in [0.29, 0.717) is 12.6 Å². The maximum absolute atomic E-state index is 13.3. The van der Waals surface area contributed by atoms with Crippen LogP contribution in [0.2, 0.25) is 0 Å². The van der Waals surface area contributed by atoms with Gasteiger partial charge in [-0.05, 0) is 18.6 Å². The summed E-state index contributed by atoms with van der Waals surface area (Å²) in [7, 11) is 0. The quantitative estimate of drug-likeness (QED) is 0.826. The Hall–Kier alpha value is -1.91. The van der Waals surface area contributed by atoms with Crippen LogP contribution in [0.1, 0.15) is 12.5 Å². The molecule has 0 amide bonds. The molecular weight excluding hydrogens is 241 g/mol. The lowest BCUT2D eigenvalue weighted by Crippen LogP contribution is -2.02. The molecule has 0 aliphatic heterocycles. The lowest BCUT2D eigenvalue weighted by atomic mass is 10.2. The van der Waals surface area contributed by atoms with E-state index in [9.17, 15) is 13.2 Å². The highest BCUT2D eigenvalue weighted by Crippen LogP contribution is 2.19. The second-order valence-corrected chi connectivity index (χ2v) is 3.95. The molecule has 2 nitrogen and oxygen atoms in total. The summed E-state index contributed by atoms with van der Waals surface area (Å²) in [5.74, 6) is -3.05. The Morgan fingerprint density at radius 3 is 2.50 bits per heavy atom. The SMILES string of the molecule is CCn1ccc(CNc2cc(F)c(F)cc2F)c1. The number of hydrogen-bond donors (Lipinski definition) is 1. The lowest BCUT2D eigenvalue weighted by Gasteiger charge is -2.07. The first kappa shape index (κ1) is 12.5. The van der Waals surface area contributed by atoms with E-state index < -0.39 is 17.5 Å². The number of hydrogen-bond acceptors (Lipinski definition) is 1. The summed E-state index contributed by atoms with van der Waals surface area (Å²) in [5.41, 5.74) is 0.902. The van der Waals surface area contributed by atoms with Crippen LogP contribution in [0.4, 0.5) is 18.9 Å². The third-order valence-electron chi connectivity index (χ3n) is 2.67. The molecule has 0 aliphatic rings. The minimum absolute atomic E-state index is 0.0434. The number of rotatable bonds is 4. The standard InChI is InChI=1S/C13H13F3N2/c1-2-18-4-3-9(8-18)7-17-13-6-11(15)10(14)5-12(13)16/h3-6,8,17H,2,7H2,1H3. The lowest BCUT2D eigenvalue weighted by molar-refractivity contribution is 0.496. The van der Waals surface area contributed by atoms with Crippen molar-refractivity contribution in [3.05, 3.63) is 53.6 Å². The molecule has 0 bridgehead atoms. The van der Waals surface area contributed by atoms with Crippen LogP contribution in [0.5, 0.6) is 0 Å². The van der Waals surface area contributed by atoms with E-state index >= 15 is 0 Å². The summed E-state index contributed by atoms with van der Waals surface area (Å²) in [6.07, 6.45) is 3.81. The van der Waals surface area contributed by atoms with Gasteiger partial charge in [0, 0.05) is 37.6 Å². The van der Waals surface area contributed by atoms with Gasteiger partial charge < -0.3 is 9.88 Å². The number of anilines is 1. The molecular formula is C13H13F3N2. The van der Waals surface area contributed by atoms with Crippen molar-refractivity contribution in [3.63, 3.8) is 0 Å². The van der Waals surface area contributed by atoms with Crippen LogP contribution in [0.15, 0.2) is 30.6 Å². The molecule has 0 radical (unpaired) electrons. The van der Waals surface area contributed by atoms with Crippen molar-refractivity contribution in [2.45, 2.75) is 20.0 Å². The summed E-state index contributed by atoms with van der Waals surface area (Å²) in [6, 6.07) is 3.24. The van der Waals surface area contributed by atoms with Crippen molar-refractivity contribution in [3.8, 4) is 0 Å². The average molecular weight is 254 g/mol. The van der Waals surface area contributed by atoms with Gasteiger partial charge in [0.1, 0.15) is 5.82 Å². The fraction of sp³-hybridized carbons (Fsp3) is 0.231. The average Bonchev–Trinajstić information content (AvgIpc) is 2.80. The van der Waals surface area contributed by atoms with Crippen molar-refractivity contribution in [1.29, 1.82) is 0 Å². The first-order valence-electron chi connectivity index (χ1n) is 5.63. The Kier molecular flexibility index (Phi) is 3.60. The van der Waals surface area contributed by atoms with E-state index in [0.717, 1.165) is 18.2 Å². The van der Waals surface area contributed by atoms with E-state index in [2.05, 4.69) is 5.32 Å². The molecule has 0 saturated carbocycles. The van der Waals surface area contributed by atoms with Gasteiger partial charge in [-0.2, -0.15) is 0 Å². The minimum Gasteiger partial charge on any atom is -0.378 e. The highest BCUT2D eigenvalue weighted by atomic mass is 19.2. The number of nitrogens with one attached hydrogen (secondary N) is 1. The monoisotopic (exact) mass is 254 g/mol. The van der Waals surface area contributed by atoms with E-state index in [-0.39, 0.29) is 5.69 Å². The predicted octanol–water partition coefficient (Wildman–Crippen LogP) is 3.54. The number of aromatic nitrogens is 1. The second-order valence-electron chi connectivity index (χ2n) is 3.95. The molecule has 1 aromatic heterocycles. The molecule has 0 spiro atoms. The molecule has 0 fully saturated rings. The zero-order chi connectivity index (χ0) is 13.1. The van der Waals surface area contributed by atoms with Gasteiger partial charge in [0.2, 0.25) is 0 Å². The molecule has 0 saturated heterocycles. The molecule has 1 N–H and O–H groups in total. The summed E-state index contributed by atoms with van der Waals surface area (Å²) < 4.78 is 41.0. The number of benzene rings is 1. The molecule has 2 rings (SSSR count). The van der Waals surface area contributed by atoms with Crippen molar-refractivity contribution in [1.82, 2.24) is 4.57 Å². The van der Waals surface area contributed by atoms with Gasteiger partial charge in [0.15, 0.2) is 11.6 Å². The number of aryl methyl sites for hydroxylation is 1. The fourth-order valence-electron chi connectivity index (χ4n) is 1.65. The highest BCUT2D eigenvalue weighted by molar-refractivity contribution is 5.45. The highest BCUT2D eigenvalue weighted by Gasteiger charge is 2.09. The zero-order valence-electron chi connectivity index (χ0n) is 9.88. The fourth-order valence-corrected chi connectivity index (χ4v) is 1.65. The maximum atomic E-state index is 13.3. The molecule has 96 valence electrons.